The van der Waals surface area contributed by atoms with Gasteiger partial charge in [0.2, 0.25) is 0 Å². The highest BCUT2D eigenvalue weighted by molar-refractivity contribution is 9.09. The number of carbonyl (C=O) groups is 2. The second-order valence-corrected chi connectivity index (χ2v) is 5.59. The predicted octanol–water partition coefficient (Wildman–Crippen LogP) is 4.02. The van der Waals surface area contributed by atoms with Gasteiger partial charge in [-0.1, -0.05) is 38.2 Å². The van der Waals surface area contributed by atoms with Crippen LogP contribution in [0.2, 0.25) is 0 Å². The summed E-state index contributed by atoms with van der Waals surface area (Å²) in [7, 11) is 0. The lowest BCUT2D eigenvalue weighted by atomic mass is 10.4. The standard InChI is InChI=1S/C5H6N2OS.C4H5BrO2.C4H6O2.CH4N2S.3CH4/c6-5-7-4(1-2-8)3-9-5;5-3-4(7)1-2-6;1-4(6)2-3-5;2-1(3)4;;;/h1-3,8H,(H2,6,7);1-2,6H,3H2;2-3,5H,1H3;(H4,2,3,4);3*1H4/b2*2-1-;3-2-;;;;. The van der Waals surface area contributed by atoms with Gasteiger partial charge in [-0.2, -0.15) is 0 Å². The fraction of sp³-hybridized carbons (Fsp3) is 0.294. The quantitative estimate of drug-likeness (QED) is 0.147. The predicted molar refractivity (Wildman–Crippen MR) is 132 cm³/mol. The fourth-order valence-corrected chi connectivity index (χ4v) is 1.40. The molecule has 170 valence electrons. The minimum Gasteiger partial charge on any atom is -0.516 e. The molecule has 1 rings (SSSR count). The summed E-state index contributed by atoms with van der Waals surface area (Å²) in [5.41, 5.74) is 15.2. The number of hydrogen-bond acceptors (Lipinski definition) is 9. The van der Waals surface area contributed by atoms with Gasteiger partial charge in [0.05, 0.1) is 29.8 Å². The molecule has 0 atom stereocenters. The molecule has 0 unspecified atom stereocenters. The van der Waals surface area contributed by atoms with Crippen molar-refractivity contribution in [3.05, 3.63) is 42.0 Å². The first-order valence-corrected chi connectivity index (χ1v) is 8.82. The molecule has 9 N–H and O–H groups in total. The summed E-state index contributed by atoms with van der Waals surface area (Å²) in [5.74, 6) is -0.278. The summed E-state index contributed by atoms with van der Waals surface area (Å²) in [6, 6.07) is 0. The van der Waals surface area contributed by atoms with Crippen LogP contribution in [0.5, 0.6) is 0 Å². The molecule has 9 nitrogen and oxygen atoms in total. The maximum absolute atomic E-state index is 10.1. The van der Waals surface area contributed by atoms with Crippen LogP contribution in [0, 0.1) is 0 Å². The van der Waals surface area contributed by atoms with Gasteiger partial charge < -0.3 is 32.5 Å². The van der Waals surface area contributed by atoms with E-state index in [-0.39, 0.29) is 44.3 Å². The van der Waals surface area contributed by atoms with Gasteiger partial charge in [0.25, 0.3) is 0 Å². The molecule has 0 spiro atoms. The number of rotatable bonds is 4. The van der Waals surface area contributed by atoms with Crippen molar-refractivity contribution in [2.24, 2.45) is 11.5 Å². The number of halogens is 1. The lowest BCUT2D eigenvalue weighted by Crippen LogP contribution is -2.18. The number of nitrogens with two attached hydrogens (primary N) is 3. The number of carbonyl (C=O) groups excluding carboxylic acids is 2. The molecule has 0 aromatic carbocycles. The maximum atomic E-state index is 10.1. The minimum atomic E-state index is -0.141. The molecule has 1 aromatic heterocycles. The summed E-state index contributed by atoms with van der Waals surface area (Å²) in [6.07, 6.45) is 6.04. The zero-order valence-electron chi connectivity index (χ0n) is 13.8. The lowest BCUT2D eigenvalue weighted by molar-refractivity contribution is -0.113. The van der Waals surface area contributed by atoms with Crippen molar-refractivity contribution in [3.8, 4) is 0 Å². The van der Waals surface area contributed by atoms with Crippen molar-refractivity contribution in [2.75, 3.05) is 11.1 Å². The van der Waals surface area contributed by atoms with E-state index in [4.69, 9.17) is 21.1 Å². The Morgan fingerprint density at radius 2 is 1.59 bits per heavy atom. The van der Waals surface area contributed by atoms with E-state index < -0.39 is 0 Å². The Bertz CT molecular complexity index is 617. The molecule has 1 heterocycles. The molecule has 0 saturated heterocycles. The third-order valence-corrected chi connectivity index (χ3v) is 2.73. The van der Waals surface area contributed by atoms with Crippen LogP contribution < -0.4 is 17.2 Å². The van der Waals surface area contributed by atoms with Gasteiger partial charge in [0.15, 0.2) is 21.8 Å². The van der Waals surface area contributed by atoms with Crippen LogP contribution in [-0.4, -0.2) is 42.3 Å². The number of hydrogen-bond donors (Lipinski definition) is 6. The molecule has 0 aliphatic heterocycles. The second-order valence-electron chi connectivity index (χ2n) is 3.67. The van der Waals surface area contributed by atoms with E-state index in [0.29, 0.717) is 10.8 Å². The van der Waals surface area contributed by atoms with Gasteiger partial charge in [-0.05, 0) is 25.2 Å². The summed E-state index contributed by atoms with van der Waals surface area (Å²) in [5, 5.41) is 26.6. The molecule has 1 aromatic rings. The molecular formula is C17H33BrN4O5S2. The summed E-state index contributed by atoms with van der Waals surface area (Å²) in [6.45, 7) is 1.37. The summed E-state index contributed by atoms with van der Waals surface area (Å²) in [4.78, 5) is 23.8. The van der Waals surface area contributed by atoms with E-state index in [9.17, 15) is 9.59 Å². The van der Waals surface area contributed by atoms with Crippen LogP contribution >= 0.6 is 39.5 Å². The van der Waals surface area contributed by atoms with Crippen LogP contribution in [0.4, 0.5) is 5.13 Å². The van der Waals surface area contributed by atoms with Crippen molar-refractivity contribution >= 4 is 67.4 Å². The number of ketones is 2. The number of alkyl halides is 1. The van der Waals surface area contributed by atoms with E-state index >= 15 is 0 Å². The Kier molecular flexibility index (Phi) is 42.9. The highest BCUT2D eigenvalue weighted by Gasteiger charge is 1.91. The van der Waals surface area contributed by atoms with Crippen molar-refractivity contribution < 1.29 is 24.9 Å². The van der Waals surface area contributed by atoms with Crippen LogP contribution in [0.25, 0.3) is 6.08 Å². The molecular weight excluding hydrogens is 484 g/mol. The second kappa shape index (κ2) is 30.3. The zero-order chi connectivity index (χ0) is 21.0. The largest absolute Gasteiger partial charge is 0.516 e. The third-order valence-electron chi connectivity index (χ3n) is 1.49. The maximum Gasteiger partial charge on any atom is 0.180 e. The number of thiazole rings is 1. The lowest BCUT2D eigenvalue weighted by Gasteiger charge is -1.76. The van der Waals surface area contributed by atoms with E-state index in [1.807, 2.05) is 0 Å². The Balaban J connectivity index is -0.0000000610. The fourth-order valence-electron chi connectivity index (χ4n) is 0.686. The average Bonchev–Trinajstić information content (AvgIpc) is 2.94. The first kappa shape index (κ1) is 41.0. The van der Waals surface area contributed by atoms with E-state index in [1.54, 1.807) is 5.38 Å². The molecule has 0 bridgehead atoms. The van der Waals surface area contributed by atoms with Crippen molar-refractivity contribution in [1.29, 1.82) is 0 Å². The van der Waals surface area contributed by atoms with Crippen LogP contribution in [-0.2, 0) is 9.59 Å². The van der Waals surface area contributed by atoms with E-state index in [0.717, 1.165) is 30.9 Å². The topological polar surface area (TPSA) is 186 Å². The summed E-state index contributed by atoms with van der Waals surface area (Å²) >= 11 is 8.35. The Morgan fingerprint density at radius 3 is 1.76 bits per heavy atom. The van der Waals surface area contributed by atoms with Crippen molar-refractivity contribution in [3.63, 3.8) is 0 Å². The smallest absolute Gasteiger partial charge is 0.180 e. The monoisotopic (exact) mass is 516 g/mol. The molecule has 0 fully saturated rings. The number of allylic oxidation sites excluding steroid dienone is 2. The van der Waals surface area contributed by atoms with Crippen molar-refractivity contribution in [1.82, 2.24) is 4.98 Å². The molecule has 12 heteroatoms. The highest BCUT2D eigenvalue weighted by Crippen LogP contribution is 2.11. The third kappa shape index (κ3) is 46.0. The molecule has 0 amide bonds. The van der Waals surface area contributed by atoms with Crippen LogP contribution in [0.15, 0.2) is 36.3 Å². The molecule has 0 saturated carbocycles. The van der Waals surface area contributed by atoms with Gasteiger partial charge >= 0.3 is 0 Å². The van der Waals surface area contributed by atoms with Crippen molar-refractivity contribution in [2.45, 2.75) is 29.2 Å². The summed E-state index contributed by atoms with van der Waals surface area (Å²) < 4.78 is 0. The molecule has 29 heavy (non-hydrogen) atoms. The number of aliphatic hydroxyl groups excluding tert-OH is 3. The van der Waals surface area contributed by atoms with Crippen LogP contribution in [0.3, 0.4) is 0 Å². The molecule has 0 radical (unpaired) electrons. The van der Waals surface area contributed by atoms with Gasteiger partial charge in [-0.25, -0.2) is 4.98 Å². The number of anilines is 1. The first-order chi connectivity index (χ1) is 12.1. The normalized spacial score (nSPS) is 8.48. The zero-order valence-corrected chi connectivity index (χ0v) is 17.0. The minimum absolute atomic E-state index is 0. The first-order valence-electron chi connectivity index (χ1n) is 6.42. The van der Waals surface area contributed by atoms with Gasteiger partial charge in [0, 0.05) is 17.5 Å². The van der Waals surface area contributed by atoms with Gasteiger partial charge in [-0.15, -0.1) is 11.3 Å². The van der Waals surface area contributed by atoms with Crippen LogP contribution in [0.1, 0.15) is 34.9 Å². The average molecular weight is 518 g/mol. The Morgan fingerprint density at radius 1 is 1.14 bits per heavy atom. The SMILES string of the molecule is C.C.C.CC(=O)/C=C\O.NC(N)=S.Nc1nc(/C=C\O)cs1.O=C(/C=C\O)CBr. The highest BCUT2D eigenvalue weighted by atomic mass is 79.9. The van der Waals surface area contributed by atoms with E-state index in [2.05, 4.69) is 44.6 Å². The number of nitrogens with zero attached hydrogens (tertiary/aromatic N) is 1. The number of aromatic nitrogens is 1. The number of nitrogen functional groups attached to an aromatic ring is 1. The Hall–Kier alpha value is -2.44. The molecule has 0 aliphatic carbocycles. The number of thiocarbonyl (C=S) groups is 1. The Labute approximate surface area is 190 Å². The van der Waals surface area contributed by atoms with E-state index in [1.165, 1.54) is 24.3 Å². The van der Waals surface area contributed by atoms with Gasteiger partial charge in [0.1, 0.15) is 0 Å². The van der Waals surface area contributed by atoms with Gasteiger partial charge in [-0.3, -0.25) is 9.59 Å². The molecule has 0 aliphatic rings. The number of aliphatic hydroxyl groups is 3.